The van der Waals surface area contributed by atoms with Gasteiger partial charge in [-0.2, -0.15) is 0 Å². The number of esters is 1. The predicted molar refractivity (Wildman–Crippen MR) is 95.4 cm³/mol. The van der Waals surface area contributed by atoms with Gasteiger partial charge < -0.3 is 15.4 Å². The molecule has 1 aliphatic rings. The molecule has 0 aliphatic carbocycles. The lowest BCUT2D eigenvalue weighted by molar-refractivity contribution is -0.147. The Bertz CT molecular complexity index is 795. The third kappa shape index (κ3) is 4.60. The third-order valence-corrected chi connectivity index (χ3v) is 4.76. The van der Waals surface area contributed by atoms with E-state index in [2.05, 4.69) is 10.6 Å². The molecule has 2 N–H and O–H groups in total. The van der Waals surface area contributed by atoms with Gasteiger partial charge in [-0.3, -0.25) is 14.4 Å². The van der Waals surface area contributed by atoms with E-state index in [1.165, 1.54) is 11.8 Å². The summed E-state index contributed by atoms with van der Waals surface area (Å²) in [6.45, 7) is -0.386. The van der Waals surface area contributed by atoms with Crippen molar-refractivity contribution in [1.82, 2.24) is 0 Å². The zero-order chi connectivity index (χ0) is 17.6. The number of carbonyl (C=O) groups is 3. The Morgan fingerprint density at radius 3 is 2.60 bits per heavy atom. The second kappa shape index (κ2) is 7.85. The number of para-hydroxylation sites is 2. The van der Waals surface area contributed by atoms with Crippen molar-refractivity contribution in [2.75, 3.05) is 17.2 Å². The van der Waals surface area contributed by atoms with Crippen LogP contribution in [0.2, 0.25) is 0 Å². The van der Waals surface area contributed by atoms with Crippen LogP contribution < -0.4 is 10.6 Å². The van der Waals surface area contributed by atoms with Gasteiger partial charge in [-0.15, -0.1) is 11.8 Å². The van der Waals surface area contributed by atoms with E-state index in [9.17, 15) is 14.4 Å². The number of hydrogen-bond donors (Lipinski definition) is 2. The maximum Gasteiger partial charge on any atom is 0.307 e. The van der Waals surface area contributed by atoms with Crippen molar-refractivity contribution in [1.29, 1.82) is 0 Å². The highest BCUT2D eigenvalue weighted by molar-refractivity contribution is 8.01. The highest BCUT2D eigenvalue weighted by atomic mass is 32.2. The Morgan fingerprint density at radius 1 is 1.08 bits per heavy atom. The van der Waals surface area contributed by atoms with Crippen molar-refractivity contribution in [3.63, 3.8) is 0 Å². The average Bonchev–Trinajstić information content (AvgIpc) is 2.61. The van der Waals surface area contributed by atoms with Crippen molar-refractivity contribution in [3.8, 4) is 0 Å². The van der Waals surface area contributed by atoms with Crippen LogP contribution in [0.25, 0.3) is 0 Å². The monoisotopic (exact) mass is 356 g/mol. The molecule has 1 heterocycles. The number of amides is 2. The zero-order valence-electron chi connectivity index (χ0n) is 13.2. The number of rotatable bonds is 5. The van der Waals surface area contributed by atoms with E-state index in [4.69, 9.17) is 4.74 Å². The summed E-state index contributed by atoms with van der Waals surface area (Å²) in [6.07, 6.45) is -0.0938. The second-order valence-electron chi connectivity index (χ2n) is 5.37. The fraction of sp³-hybridized carbons (Fsp3) is 0.167. The number of benzene rings is 2. The molecule has 0 saturated carbocycles. The van der Waals surface area contributed by atoms with Crippen LogP contribution in [0.3, 0.4) is 0 Å². The summed E-state index contributed by atoms with van der Waals surface area (Å²) in [7, 11) is 0. The number of hydrogen-bond acceptors (Lipinski definition) is 5. The van der Waals surface area contributed by atoms with Gasteiger partial charge in [-0.05, 0) is 24.3 Å². The molecule has 1 aliphatic heterocycles. The van der Waals surface area contributed by atoms with E-state index in [1.807, 2.05) is 30.3 Å². The Balaban J connectivity index is 1.48. The Hall–Kier alpha value is -2.80. The minimum Gasteiger partial charge on any atom is -0.456 e. The predicted octanol–water partition coefficient (Wildman–Crippen LogP) is 2.67. The molecule has 25 heavy (non-hydrogen) atoms. The number of anilines is 2. The molecule has 0 fully saturated rings. The number of fused-ring (bicyclic) bond motifs is 1. The standard InChI is InChI=1S/C18H16N2O4S/c21-16(19-12-6-2-1-3-7-12)11-24-17(22)10-15-18(23)20-13-8-4-5-9-14(13)25-15/h1-9,15H,10-11H2,(H,19,21)(H,20,23)/t15-/m1/s1. The van der Waals surface area contributed by atoms with E-state index in [-0.39, 0.29) is 18.9 Å². The molecule has 2 amide bonds. The van der Waals surface area contributed by atoms with Gasteiger partial charge in [0.1, 0.15) is 0 Å². The summed E-state index contributed by atoms with van der Waals surface area (Å²) in [5.41, 5.74) is 1.37. The van der Waals surface area contributed by atoms with Crippen LogP contribution in [0.4, 0.5) is 11.4 Å². The Labute approximate surface area is 148 Å². The molecule has 0 spiro atoms. The minimum atomic E-state index is -0.588. The van der Waals surface area contributed by atoms with E-state index in [0.717, 1.165) is 10.6 Å². The highest BCUT2D eigenvalue weighted by Gasteiger charge is 2.29. The first kappa shape index (κ1) is 17.0. The molecule has 0 radical (unpaired) electrons. The first-order valence-corrected chi connectivity index (χ1v) is 8.57. The van der Waals surface area contributed by atoms with Gasteiger partial charge in [-0.25, -0.2) is 0 Å². The summed E-state index contributed by atoms with van der Waals surface area (Å²) < 4.78 is 4.97. The molecule has 2 aromatic carbocycles. The van der Waals surface area contributed by atoms with Crippen LogP contribution >= 0.6 is 11.8 Å². The highest BCUT2D eigenvalue weighted by Crippen LogP contribution is 2.36. The molecule has 3 rings (SSSR count). The lowest BCUT2D eigenvalue weighted by atomic mass is 10.2. The van der Waals surface area contributed by atoms with Crippen LogP contribution in [0.15, 0.2) is 59.5 Å². The lowest BCUT2D eigenvalue weighted by Crippen LogP contribution is -2.32. The maximum absolute atomic E-state index is 12.1. The Kier molecular flexibility index (Phi) is 5.35. The molecule has 6 nitrogen and oxygen atoms in total. The molecule has 128 valence electrons. The van der Waals surface area contributed by atoms with Crippen molar-refractivity contribution in [2.24, 2.45) is 0 Å². The van der Waals surface area contributed by atoms with Crippen molar-refractivity contribution in [2.45, 2.75) is 16.6 Å². The van der Waals surface area contributed by atoms with Crippen LogP contribution in [-0.4, -0.2) is 29.6 Å². The molecule has 0 saturated heterocycles. The normalized spacial score (nSPS) is 15.7. The molecule has 0 bridgehead atoms. The fourth-order valence-electron chi connectivity index (χ4n) is 2.30. The van der Waals surface area contributed by atoms with Gasteiger partial charge in [0.15, 0.2) is 6.61 Å². The van der Waals surface area contributed by atoms with Gasteiger partial charge in [0.05, 0.1) is 17.4 Å². The molecule has 0 unspecified atom stereocenters. The van der Waals surface area contributed by atoms with Crippen LogP contribution in [0.5, 0.6) is 0 Å². The zero-order valence-corrected chi connectivity index (χ0v) is 14.0. The summed E-state index contributed by atoms with van der Waals surface area (Å²) in [5.74, 6) is -1.25. The maximum atomic E-state index is 12.1. The van der Waals surface area contributed by atoms with E-state index >= 15 is 0 Å². The average molecular weight is 356 g/mol. The van der Waals surface area contributed by atoms with E-state index in [0.29, 0.717) is 5.69 Å². The molecular weight excluding hydrogens is 340 g/mol. The van der Waals surface area contributed by atoms with Crippen molar-refractivity contribution < 1.29 is 19.1 Å². The topological polar surface area (TPSA) is 84.5 Å². The van der Waals surface area contributed by atoms with E-state index < -0.39 is 17.1 Å². The van der Waals surface area contributed by atoms with Gasteiger partial charge in [0, 0.05) is 10.6 Å². The number of thioether (sulfide) groups is 1. The second-order valence-corrected chi connectivity index (χ2v) is 6.62. The van der Waals surface area contributed by atoms with Gasteiger partial charge in [-0.1, -0.05) is 30.3 Å². The third-order valence-electron chi connectivity index (χ3n) is 3.48. The smallest absolute Gasteiger partial charge is 0.307 e. The SMILES string of the molecule is O=C(COC(=O)C[C@H]1Sc2ccccc2NC1=O)Nc1ccccc1. The molecule has 7 heteroatoms. The van der Waals surface area contributed by atoms with Gasteiger partial charge in [0.2, 0.25) is 5.91 Å². The number of carbonyl (C=O) groups excluding carboxylic acids is 3. The lowest BCUT2D eigenvalue weighted by Gasteiger charge is -2.23. The fourth-order valence-corrected chi connectivity index (χ4v) is 3.40. The first-order chi connectivity index (χ1) is 12.1. The minimum absolute atomic E-state index is 0.0938. The molecule has 1 atom stereocenters. The first-order valence-electron chi connectivity index (χ1n) is 7.69. The Morgan fingerprint density at radius 2 is 1.80 bits per heavy atom. The van der Waals surface area contributed by atoms with Gasteiger partial charge >= 0.3 is 5.97 Å². The summed E-state index contributed by atoms with van der Waals surface area (Å²) in [4.78, 5) is 36.7. The quantitative estimate of drug-likeness (QED) is 0.805. The summed E-state index contributed by atoms with van der Waals surface area (Å²) in [6, 6.07) is 16.3. The van der Waals surface area contributed by atoms with E-state index in [1.54, 1.807) is 24.3 Å². The van der Waals surface area contributed by atoms with Crippen LogP contribution in [0.1, 0.15) is 6.42 Å². The molecular formula is C18H16N2O4S. The number of nitrogens with one attached hydrogen (secondary N) is 2. The van der Waals surface area contributed by atoms with Gasteiger partial charge in [0.25, 0.3) is 5.91 Å². The number of ether oxygens (including phenoxy) is 1. The summed E-state index contributed by atoms with van der Waals surface area (Å²) in [5, 5.41) is 4.82. The molecule has 0 aromatic heterocycles. The van der Waals surface area contributed by atoms with Crippen molar-refractivity contribution >= 4 is 40.9 Å². The van der Waals surface area contributed by atoms with Crippen LogP contribution in [-0.2, 0) is 19.1 Å². The largest absolute Gasteiger partial charge is 0.456 e. The van der Waals surface area contributed by atoms with Crippen LogP contribution in [0, 0.1) is 0 Å². The molecule has 2 aromatic rings. The van der Waals surface area contributed by atoms with Crippen molar-refractivity contribution in [3.05, 3.63) is 54.6 Å². The summed E-state index contributed by atoms with van der Waals surface area (Å²) >= 11 is 1.32.